The average molecular weight is 423 g/mol. The van der Waals surface area contributed by atoms with Crippen LogP contribution in [0, 0.1) is 0 Å². The number of carboxylic acids is 1. The van der Waals surface area contributed by atoms with Gasteiger partial charge in [0.15, 0.2) is 4.96 Å². The molecule has 0 aliphatic rings. The van der Waals surface area contributed by atoms with Crippen LogP contribution in [-0.4, -0.2) is 20.5 Å². The summed E-state index contributed by atoms with van der Waals surface area (Å²) in [4.78, 5) is 29.1. The molecule has 5 rings (SSSR count). The van der Waals surface area contributed by atoms with Crippen molar-refractivity contribution >= 4 is 51.0 Å². The van der Waals surface area contributed by atoms with Crippen LogP contribution in [0.4, 0.5) is 0 Å². The Hall–Kier alpha value is -3.42. The van der Waals surface area contributed by atoms with Crippen molar-refractivity contribution in [2.75, 3.05) is 0 Å². The number of carboxylic acid groups (broad SMARTS) is 1. The van der Waals surface area contributed by atoms with E-state index in [4.69, 9.17) is 16.0 Å². The van der Waals surface area contributed by atoms with E-state index in [2.05, 4.69) is 4.98 Å². The van der Waals surface area contributed by atoms with Gasteiger partial charge in [0.2, 0.25) is 0 Å². The van der Waals surface area contributed by atoms with Crippen molar-refractivity contribution in [2.24, 2.45) is 0 Å². The van der Waals surface area contributed by atoms with Crippen LogP contribution in [0.15, 0.2) is 63.8 Å². The summed E-state index contributed by atoms with van der Waals surface area (Å²) < 4.78 is 7.89. The molecule has 0 radical (unpaired) electrons. The minimum Gasteiger partial charge on any atom is -0.478 e. The number of hydrogen-bond donors (Lipinski definition) is 1. The van der Waals surface area contributed by atoms with Gasteiger partial charge >= 0.3 is 5.97 Å². The Morgan fingerprint density at radius 3 is 2.83 bits per heavy atom. The van der Waals surface area contributed by atoms with E-state index in [1.165, 1.54) is 29.5 Å². The molecule has 1 N–H and O–H groups in total. The van der Waals surface area contributed by atoms with Crippen molar-refractivity contribution in [3.05, 3.63) is 85.8 Å². The maximum Gasteiger partial charge on any atom is 0.335 e. The molecule has 0 saturated carbocycles. The quantitative estimate of drug-likeness (QED) is 0.473. The number of hydrogen-bond acceptors (Lipinski definition) is 5. The molecule has 0 atom stereocenters. The van der Waals surface area contributed by atoms with Gasteiger partial charge in [-0.3, -0.25) is 4.79 Å². The van der Waals surface area contributed by atoms with Crippen LogP contribution in [0.1, 0.15) is 16.1 Å². The van der Waals surface area contributed by atoms with Crippen molar-refractivity contribution in [1.29, 1.82) is 0 Å². The first kappa shape index (κ1) is 17.7. The summed E-state index contributed by atoms with van der Waals surface area (Å²) in [7, 11) is 0. The van der Waals surface area contributed by atoms with Gasteiger partial charge in [-0.2, -0.15) is 0 Å². The number of imidazole rings is 1. The van der Waals surface area contributed by atoms with Crippen LogP contribution in [0.3, 0.4) is 0 Å². The Morgan fingerprint density at radius 1 is 1.17 bits per heavy atom. The molecule has 0 amide bonds. The van der Waals surface area contributed by atoms with Crippen molar-refractivity contribution < 1.29 is 14.3 Å². The molecule has 0 spiro atoms. The van der Waals surface area contributed by atoms with E-state index < -0.39 is 5.97 Å². The lowest BCUT2D eigenvalue weighted by Crippen LogP contribution is -2.22. The Morgan fingerprint density at radius 2 is 2.00 bits per heavy atom. The summed E-state index contributed by atoms with van der Waals surface area (Å²) in [5.41, 5.74) is 1.96. The molecule has 3 heterocycles. The van der Waals surface area contributed by atoms with E-state index in [9.17, 15) is 14.7 Å². The van der Waals surface area contributed by atoms with Crippen LogP contribution in [0.25, 0.3) is 33.4 Å². The van der Waals surface area contributed by atoms with E-state index in [1.807, 2.05) is 24.3 Å². The summed E-state index contributed by atoms with van der Waals surface area (Å²) in [6.45, 7) is 0. The molecule has 0 unspecified atom stereocenters. The number of halogens is 1. The van der Waals surface area contributed by atoms with Gasteiger partial charge in [-0.05, 0) is 42.5 Å². The topological polar surface area (TPSA) is 84.8 Å². The maximum absolute atomic E-state index is 12.8. The van der Waals surface area contributed by atoms with Gasteiger partial charge in [0.05, 0.1) is 21.6 Å². The highest BCUT2D eigenvalue weighted by Crippen LogP contribution is 2.30. The lowest BCUT2D eigenvalue weighted by atomic mass is 10.1. The summed E-state index contributed by atoms with van der Waals surface area (Å²) in [6.07, 6.45) is 1.65. The standard InChI is InChI=1S/C21H11ClN2O4S/c22-14-7-5-11(20(26)27)9-13(14)17-8-6-12(28-17)10-18-19(25)24-16-4-2-1-3-15(16)23-21(24)29-18/h1-10H,(H,26,27)/b18-10+. The summed E-state index contributed by atoms with van der Waals surface area (Å²) in [6, 6.07) is 15.3. The highest BCUT2D eigenvalue weighted by atomic mass is 35.5. The lowest BCUT2D eigenvalue weighted by Gasteiger charge is -2.02. The van der Waals surface area contributed by atoms with Crippen LogP contribution in [0.5, 0.6) is 0 Å². The highest BCUT2D eigenvalue weighted by Gasteiger charge is 2.14. The first-order valence-electron chi connectivity index (χ1n) is 8.56. The summed E-state index contributed by atoms with van der Waals surface area (Å²) in [5.74, 6) is -0.169. The smallest absolute Gasteiger partial charge is 0.335 e. The van der Waals surface area contributed by atoms with Crippen LogP contribution >= 0.6 is 22.9 Å². The molecule has 2 aromatic carbocycles. The third-order valence-corrected chi connectivity index (χ3v) is 5.82. The molecule has 0 fully saturated rings. The Kier molecular flexibility index (Phi) is 4.01. The number of furan rings is 1. The fourth-order valence-electron chi connectivity index (χ4n) is 3.16. The summed E-state index contributed by atoms with van der Waals surface area (Å²) >= 11 is 7.48. The highest BCUT2D eigenvalue weighted by molar-refractivity contribution is 7.15. The zero-order chi connectivity index (χ0) is 20.1. The van der Waals surface area contributed by atoms with E-state index >= 15 is 0 Å². The number of carbonyl (C=O) groups is 1. The maximum atomic E-state index is 12.8. The predicted octanol–water partition coefficient (Wildman–Crippen LogP) is 4.07. The SMILES string of the molecule is O=C(O)c1ccc(Cl)c(-c2ccc(/C=c3/sc4nc5ccccc5n4c3=O)o2)c1. The van der Waals surface area contributed by atoms with E-state index in [0.717, 1.165) is 11.0 Å². The first-order valence-corrected chi connectivity index (χ1v) is 9.75. The largest absolute Gasteiger partial charge is 0.478 e. The number of aromatic carboxylic acids is 1. The second-order valence-electron chi connectivity index (χ2n) is 6.34. The Balaban J connectivity index is 1.61. The minimum atomic E-state index is -1.05. The van der Waals surface area contributed by atoms with Crippen molar-refractivity contribution in [1.82, 2.24) is 9.38 Å². The fraction of sp³-hybridized carbons (Fsp3) is 0. The zero-order valence-electron chi connectivity index (χ0n) is 14.6. The van der Waals surface area contributed by atoms with Gasteiger partial charge in [0.25, 0.3) is 5.56 Å². The molecule has 8 heteroatoms. The van der Waals surface area contributed by atoms with Gasteiger partial charge in [0.1, 0.15) is 16.1 Å². The van der Waals surface area contributed by atoms with E-state index in [0.29, 0.717) is 31.6 Å². The number of benzene rings is 2. The van der Waals surface area contributed by atoms with Gasteiger partial charge in [-0.15, -0.1) is 0 Å². The summed E-state index contributed by atoms with van der Waals surface area (Å²) in [5, 5.41) is 9.56. The predicted molar refractivity (Wildman–Crippen MR) is 112 cm³/mol. The van der Waals surface area contributed by atoms with Crippen molar-refractivity contribution in [2.45, 2.75) is 0 Å². The minimum absolute atomic E-state index is 0.111. The van der Waals surface area contributed by atoms with Crippen molar-refractivity contribution in [3.8, 4) is 11.3 Å². The number of rotatable bonds is 3. The zero-order valence-corrected chi connectivity index (χ0v) is 16.2. The van der Waals surface area contributed by atoms with Gasteiger partial charge in [-0.1, -0.05) is 35.1 Å². The number of nitrogens with zero attached hydrogens (tertiary/aromatic N) is 2. The van der Waals surface area contributed by atoms with E-state index in [-0.39, 0.29) is 11.1 Å². The molecular formula is C21H11ClN2O4S. The molecule has 6 nitrogen and oxygen atoms in total. The molecule has 0 aliphatic carbocycles. The number of fused-ring (bicyclic) bond motifs is 3. The van der Waals surface area contributed by atoms with E-state index in [1.54, 1.807) is 22.6 Å². The molecule has 5 aromatic rings. The number of thiazole rings is 1. The second kappa shape index (κ2) is 6.58. The third-order valence-electron chi connectivity index (χ3n) is 4.52. The molecule has 142 valence electrons. The van der Waals surface area contributed by atoms with Gasteiger partial charge in [0, 0.05) is 11.6 Å². The van der Waals surface area contributed by atoms with Gasteiger partial charge in [-0.25, -0.2) is 14.2 Å². The van der Waals surface area contributed by atoms with Crippen molar-refractivity contribution in [3.63, 3.8) is 0 Å². The second-order valence-corrected chi connectivity index (χ2v) is 7.75. The normalized spacial score (nSPS) is 12.2. The molecule has 0 saturated heterocycles. The average Bonchev–Trinajstić information content (AvgIpc) is 3.38. The monoisotopic (exact) mass is 422 g/mol. The Bertz CT molecular complexity index is 1530. The molecule has 3 aromatic heterocycles. The lowest BCUT2D eigenvalue weighted by molar-refractivity contribution is 0.0697. The van der Waals surface area contributed by atoms with Crippen LogP contribution in [-0.2, 0) is 0 Å². The molecule has 0 aliphatic heterocycles. The third kappa shape index (κ3) is 2.91. The molecule has 29 heavy (non-hydrogen) atoms. The Labute approximate surface area is 171 Å². The molecule has 0 bridgehead atoms. The fourth-order valence-corrected chi connectivity index (χ4v) is 4.34. The molecular weight excluding hydrogens is 412 g/mol. The number of aromatic nitrogens is 2. The number of para-hydroxylation sites is 2. The van der Waals surface area contributed by atoms with Crippen LogP contribution < -0.4 is 10.1 Å². The first-order chi connectivity index (χ1) is 14.0. The van der Waals surface area contributed by atoms with Gasteiger partial charge < -0.3 is 9.52 Å². The van der Waals surface area contributed by atoms with Crippen LogP contribution in [0.2, 0.25) is 5.02 Å².